The summed E-state index contributed by atoms with van der Waals surface area (Å²) in [6, 6.07) is 7.82. The number of para-hydroxylation sites is 1. The van der Waals surface area contributed by atoms with Crippen molar-refractivity contribution in [2.24, 2.45) is 23.5 Å². The molecule has 1 aromatic carbocycles. The number of likely N-dealkylation sites (tertiary alicyclic amines) is 1. The van der Waals surface area contributed by atoms with Crippen LogP contribution in [0.5, 0.6) is 5.75 Å². The Labute approximate surface area is 162 Å². The van der Waals surface area contributed by atoms with Gasteiger partial charge in [0.1, 0.15) is 11.4 Å². The van der Waals surface area contributed by atoms with Crippen LogP contribution in [-0.2, 0) is 9.53 Å². The lowest BCUT2D eigenvalue weighted by molar-refractivity contribution is -0.189. The molecule has 5 heteroatoms. The lowest BCUT2D eigenvalue weighted by Crippen LogP contribution is -2.57. The molecule has 0 unspecified atom stereocenters. The summed E-state index contributed by atoms with van der Waals surface area (Å²) in [5.41, 5.74) is 7.00. The van der Waals surface area contributed by atoms with Crippen molar-refractivity contribution in [2.75, 3.05) is 13.1 Å². The summed E-state index contributed by atoms with van der Waals surface area (Å²) in [5, 5.41) is 0. The van der Waals surface area contributed by atoms with Crippen molar-refractivity contribution in [2.45, 2.75) is 64.4 Å². The second-order valence-electron chi connectivity index (χ2n) is 9.28. The molecule has 3 aliphatic heterocycles. The number of carbonyl (C=O) groups is 1. The van der Waals surface area contributed by atoms with Crippen LogP contribution in [0.4, 0.5) is 0 Å². The Morgan fingerprint density at radius 2 is 2.04 bits per heavy atom. The van der Waals surface area contributed by atoms with Crippen molar-refractivity contribution in [3.05, 3.63) is 29.8 Å². The van der Waals surface area contributed by atoms with Gasteiger partial charge in [-0.2, -0.15) is 0 Å². The largest absolute Gasteiger partial charge is 0.487 e. The number of hydrogen-bond donors (Lipinski definition) is 1. The molecule has 0 aliphatic carbocycles. The Hall–Kier alpha value is -1.59. The van der Waals surface area contributed by atoms with E-state index in [9.17, 15) is 4.79 Å². The summed E-state index contributed by atoms with van der Waals surface area (Å²) in [6.45, 7) is 9.80. The first-order valence-corrected chi connectivity index (χ1v) is 10.3. The smallest absolute Gasteiger partial charge is 0.239 e. The molecule has 0 radical (unpaired) electrons. The molecule has 1 aromatic rings. The zero-order valence-electron chi connectivity index (χ0n) is 16.9. The van der Waals surface area contributed by atoms with Gasteiger partial charge in [0, 0.05) is 30.5 Å². The molecule has 5 atom stereocenters. The zero-order chi connectivity index (χ0) is 19.3. The number of benzene rings is 1. The van der Waals surface area contributed by atoms with E-state index in [0.717, 1.165) is 31.7 Å². The molecule has 27 heavy (non-hydrogen) atoms. The normalized spacial score (nSPS) is 32.7. The zero-order valence-corrected chi connectivity index (χ0v) is 16.9. The number of fused-ring (bicyclic) bond motifs is 4. The number of piperidine rings is 1. The highest BCUT2D eigenvalue weighted by Gasteiger charge is 2.51. The van der Waals surface area contributed by atoms with Crippen molar-refractivity contribution < 1.29 is 14.3 Å². The SMILES string of the molecule is CC(C)[C@@H](N)C(=O)N1CC[C@H]2O[C@H]3c4ccccc4OC(C)(C)[C@@H]3C[C@H]2C1. The fraction of sp³-hybridized carbons (Fsp3) is 0.682. The fourth-order valence-corrected chi connectivity index (χ4v) is 4.95. The summed E-state index contributed by atoms with van der Waals surface area (Å²) in [4.78, 5) is 14.7. The van der Waals surface area contributed by atoms with Gasteiger partial charge < -0.3 is 20.1 Å². The van der Waals surface area contributed by atoms with Gasteiger partial charge in [-0.3, -0.25) is 4.79 Å². The Balaban J connectivity index is 1.54. The van der Waals surface area contributed by atoms with Crippen molar-refractivity contribution in [1.82, 2.24) is 4.90 Å². The van der Waals surface area contributed by atoms with Crippen LogP contribution in [0.15, 0.2) is 24.3 Å². The van der Waals surface area contributed by atoms with Crippen molar-refractivity contribution in [3.63, 3.8) is 0 Å². The molecule has 2 saturated heterocycles. The number of nitrogens with zero attached hydrogens (tertiary/aromatic N) is 1. The highest BCUT2D eigenvalue weighted by atomic mass is 16.5. The van der Waals surface area contributed by atoms with Gasteiger partial charge in [-0.25, -0.2) is 0 Å². The van der Waals surface area contributed by atoms with Crippen LogP contribution in [0, 0.1) is 17.8 Å². The summed E-state index contributed by atoms with van der Waals surface area (Å²) >= 11 is 0. The number of ether oxygens (including phenoxy) is 2. The van der Waals surface area contributed by atoms with Crippen LogP contribution < -0.4 is 10.5 Å². The van der Waals surface area contributed by atoms with Gasteiger partial charge >= 0.3 is 0 Å². The third-order valence-electron chi connectivity index (χ3n) is 6.71. The standard InChI is InChI=1S/C22H32N2O3/c1-13(2)19(23)21(25)24-10-9-17-14(12-24)11-16-20(26-17)15-7-5-6-8-18(15)27-22(16,3)4/h5-8,13-14,16-17,19-20H,9-12,23H2,1-4H3/t14-,16+,17+,19+,20-/m0/s1. The molecule has 0 saturated carbocycles. The Bertz CT molecular complexity index is 717. The first-order valence-electron chi connectivity index (χ1n) is 10.3. The molecule has 0 spiro atoms. The quantitative estimate of drug-likeness (QED) is 0.866. The Kier molecular flexibility index (Phi) is 4.71. The second kappa shape index (κ2) is 6.78. The fourth-order valence-electron chi connectivity index (χ4n) is 4.95. The van der Waals surface area contributed by atoms with Gasteiger partial charge in [-0.05, 0) is 38.7 Å². The van der Waals surface area contributed by atoms with Crippen molar-refractivity contribution in [1.29, 1.82) is 0 Å². The van der Waals surface area contributed by atoms with Gasteiger partial charge in [0.15, 0.2) is 0 Å². The van der Waals surface area contributed by atoms with E-state index >= 15 is 0 Å². The van der Waals surface area contributed by atoms with E-state index in [4.69, 9.17) is 15.2 Å². The van der Waals surface area contributed by atoms with Crippen LogP contribution >= 0.6 is 0 Å². The maximum absolute atomic E-state index is 12.7. The molecule has 0 bridgehead atoms. The molecule has 0 aromatic heterocycles. The molecule has 4 rings (SSSR count). The van der Waals surface area contributed by atoms with E-state index in [2.05, 4.69) is 26.0 Å². The third-order valence-corrected chi connectivity index (χ3v) is 6.71. The number of nitrogens with two attached hydrogens (primary N) is 1. The molecule has 2 N–H and O–H groups in total. The van der Waals surface area contributed by atoms with E-state index < -0.39 is 6.04 Å². The maximum Gasteiger partial charge on any atom is 0.239 e. The maximum atomic E-state index is 12.7. The summed E-state index contributed by atoms with van der Waals surface area (Å²) in [7, 11) is 0. The van der Waals surface area contributed by atoms with Crippen LogP contribution in [0.3, 0.4) is 0 Å². The van der Waals surface area contributed by atoms with Gasteiger partial charge in [-0.1, -0.05) is 32.0 Å². The number of hydrogen-bond acceptors (Lipinski definition) is 4. The monoisotopic (exact) mass is 372 g/mol. The number of amides is 1. The second-order valence-corrected chi connectivity index (χ2v) is 9.28. The molecular formula is C22H32N2O3. The minimum atomic E-state index is -0.417. The highest BCUT2D eigenvalue weighted by Crippen LogP contribution is 2.52. The van der Waals surface area contributed by atoms with Crippen LogP contribution in [-0.4, -0.2) is 41.6 Å². The summed E-state index contributed by atoms with van der Waals surface area (Å²) in [5.74, 6) is 1.80. The highest BCUT2D eigenvalue weighted by molar-refractivity contribution is 5.82. The topological polar surface area (TPSA) is 64.8 Å². The van der Waals surface area contributed by atoms with Crippen molar-refractivity contribution >= 4 is 5.91 Å². The van der Waals surface area contributed by atoms with Crippen LogP contribution in [0.1, 0.15) is 52.2 Å². The number of carbonyl (C=O) groups excluding carboxylic acids is 1. The lowest BCUT2D eigenvalue weighted by Gasteiger charge is -2.53. The first-order chi connectivity index (χ1) is 12.8. The van der Waals surface area contributed by atoms with E-state index in [0.29, 0.717) is 5.92 Å². The molecule has 1 amide bonds. The van der Waals surface area contributed by atoms with Gasteiger partial charge in [0.05, 0.1) is 18.2 Å². The van der Waals surface area contributed by atoms with E-state index in [1.807, 2.05) is 30.9 Å². The Morgan fingerprint density at radius 3 is 2.78 bits per heavy atom. The van der Waals surface area contributed by atoms with Crippen LogP contribution in [0.2, 0.25) is 0 Å². The van der Waals surface area contributed by atoms with Gasteiger partial charge in [-0.15, -0.1) is 0 Å². The molecule has 148 valence electrons. The van der Waals surface area contributed by atoms with E-state index in [1.165, 1.54) is 5.56 Å². The minimum absolute atomic E-state index is 0.0753. The predicted molar refractivity (Wildman–Crippen MR) is 104 cm³/mol. The van der Waals surface area contributed by atoms with Gasteiger partial charge in [0.2, 0.25) is 5.91 Å². The first kappa shape index (κ1) is 18.8. The third kappa shape index (κ3) is 3.25. The molecule has 2 fully saturated rings. The Morgan fingerprint density at radius 1 is 1.30 bits per heavy atom. The molecule has 3 heterocycles. The summed E-state index contributed by atoms with van der Waals surface area (Å²) < 4.78 is 13.0. The van der Waals surface area contributed by atoms with E-state index in [1.54, 1.807) is 0 Å². The average molecular weight is 373 g/mol. The van der Waals surface area contributed by atoms with Gasteiger partial charge in [0.25, 0.3) is 0 Å². The van der Waals surface area contributed by atoms with Crippen LogP contribution in [0.25, 0.3) is 0 Å². The average Bonchev–Trinajstić information content (AvgIpc) is 2.65. The lowest BCUT2D eigenvalue weighted by atomic mass is 9.70. The van der Waals surface area contributed by atoms with E-state index in [-0.39, 0.29) is 35.6 Å². The number of rotatable bonds is 2. The van der Waals surface area contributed by atoms with Crippen molar-refractivity contribution in [3.8, 4) is 5.75 Å². The molecule has 5 nitrogen and oxygen atoms in total. The minimum Gasteiger partial charge on any atom is -0.487 e. The summed E-state index contributed by atoms with van der Waals surface area (Å²) in [6.07, 6.45) is 2.17. The molecular weight excluding hydrogens is 340 g/mol. The predicted octanol–water partition coefficient (Wildman–Crippen LogP) is 3.14. The molecule has 3 aliphatic rings.